The lowest BCUT2D eigenvalue weighted by atomic mass is 9.84. The molecule has 129 heavy (non-hydrogen) atoms. The van der Waals surface area contributed by atoms with E-state index in [0.717, 1.165) is 65.8 Å². The molecule has 27 aromatic rings. The minimum absolute atomic E-state index is 0.909. The normalized spacial score (nSPS) is 11.7. The Morgan fingerprint density at radius 2 is 0.310 bits per heavy atom. The van der Waals surface area contributed by atoms with Gasteiger partial charge < -0.3 is 13.3 Å². The van der Waals surface area contributed by atoms with E-state index in [0.29, 0.717) is 0 Å². The van der Waals surface area contributed by atoms with E-state index in [4.69, 9.17) is 13.3 Å². The van der Waals surface area contributed by atoms with Crippen LogP contribution in [0.15, 0.2) is 486 Å². The second-order valence-electron chi connectivity index (χ2n) is 33.9. The second-order valence-corrected chi connectivity index (χ2v) is 33.9. The van der Waals surface area contributed by atoms with Gasteiger partial charge in [-0.1, -0.05) is 382 Å². The summed E-state index contributed by atoms with van der Waals surface area (Å²) in [5.74, 6) is 0. The van der Waals surface area contributed by atoms with Crippen molar-refractivity contribution in [2.24, 2.45) is 0 Å². The van der Waals surface area contributed by atoms with Crippen molar-refractivity contribution >= 4 is 163 Å². The van der Waals surface area contributed by atoms with Gasteiger partial charge in [0, 0.05) is 32.3 Å². The monoisotopic (exact) mass is 1640 g/mol. The van der Waals surface area contributed by atoms with E-state index in [1.807, 2.05) is 12.1 Å². The molecule has 0 unspecified atom stereocenters. The number of benzene rings is 24. The molecule has 0 fully saturated rings. The average Bonchev–Trinajstić information content (AvgIpc) is 1.67. The molecule has 0 N–H and O–H groups in total. The lowest BCUT2D eigenvalue weighted by molar-refractivity contribution is 0.668. The summed E-state index contributed by atoms with van der Waals surface area (Å²) in [5, 5.41) is 29.2. The van der Waals surface area contributed by atoms with E-state index in [-0.39, 0.29) is 0 Å². The van der Waals surface area contributed by atoms with Crippen LogP contribution < -0.4 is 0 Å². The van der Waals surface area contributed by atoms with Crippen LogP contribution in [0.5, 0.6) is 0 Å². The largest absolute Gasteiger partial charge is 0.456 e. The Balaban J connectivity index is 0.000000105. The minimum Gasteiger partial charge on any atom is -0.456 e. The van der Waals surface area contributed by atoms with E-state index >= 15 is 0 Å². The zero-order valence-electron chi connectivity index (χ0n) is 70.3. The lowest BCUT2D eigenvalue weighted by Gasteiger charge is -2.19. The maximum Gasteiger partial charge on any atom is 0.136 e. The number of hydrogen-bond donors (Lipinski definition) is 0. The molecular formula is C126H78O3. The first kappa shape index (κ1) is 74.6. The van der Waals surface area contributed by atoms with Crippen molar-refractivity contribution in [1.29, 1.82) is 0 Å². The standard InChI is InChI=1S/C46H28O.C42H26O.C38H24O/c1-2-11-30(12-3-1)45-37-16-8-9-17-38(37)46(39-22-20-35(26-42(39)45)34-19-18-29-10-4-5-13-31(29)24-34)36-21-23-43-40(27-36)41-25-32-14-6-7-15-33(32)28-44(41)47-43;1-3-11-27(12-4-1)31-19-21-35-38(24-31)41(28-13-5-2-6-14-28)33-17-9-10-18-34(33)42(35)32-20-22-39-36(25-32)37-23-29-15-7-8-16-30(29)26-40(37)43-39;1-3-11-25(12-4-1)27-19-21-32-34(23-27)37(26-13-5-2-6-14-26)30-16-7-8-17-31(30)38(32)28-20-22-36-33(24-28)29-15-9-10-18-35(29)39-36/h1-28H;1-26H;1-24H. The van der Waals surface area contributed by atoms with Crippen LogP contribution in [0, 0.1) is 0 Å². The van der Waals surface area contributed by atoms with E-state index in [1.165, 1.54) is 197 Å². The Morgan fingerprint density at radius 3 is 0.674 bits per heavy atom. The van der Waals surface area contributed by atoms with Crippen LogP contribution in [0.2, 0.25) is 0 Å². The summed E-state index contributed by atoms with van der Waals surface area (Å²) in [6.45, 7) is 0. The molecular weight excluding hydrogens is 1560 g/mol. The number of fused-ring (bicyclic) bond motifs is 18. The van der Waals surface area contributed by atoms with Gasteiger partial charge in [-0.05, 0) is 288 Å². The highest BCUT2D eigenvalue weighted by Gasteiger charge is 2.25. The molecule has 0 aliphatic rings. The molecule has 600 valence electrons. The van der Waals surface area contributed by atoms with Crippen molar-refractivity contribution in [3.8, 4) is 100 Å². The average molecular weight is 1640 g/mol. The van der Waals surface area contributed by atoms with E-state index in [1.54, 1.807) is 0 Å². The topological polar surface area (TPSA) is 39.4 Å². The van der Waals surface area contributed by atoms with Crippen LogP contribution in [-0.4, -0.2) is 0 Å². The van der Waals surface area contributed by atoms with Crippen LogP contribution in [0.3, 0.4) is 0 Å². The Hall–Kier alpha value is -17.0. The van der Waals surface area contributed by atoms with Gasteiger partial charge in [-0.15, -0.1) is 0 Å². The Kier molecular flexibility index (Phi) is 18.0. The molecule has 0 spiro atoms. The third-order valence-corrected chi connectivity index (χ3v) is 26.5. The smallest absolute Gasteiger partial charge is 0.136 e. The molecule has 0 radical (unpaired) electrons. The fourth-order valence-corrected chi connectivity index (χ4v) is 20.5. The van der Waals surface area contributed by atoms with Gasteiger partial charge in [0.05, 0.1) is 0 Å². The van der Waals surface area contributed by atoms with Crippen molar-refractivity contribution in [3.63, 3.8) is 0 Å². The number of furan rings is 3. The maximum atomic E-state index is 6.40. The van der Waals surface area contributed by atoms with Crippen molar-refractivity contribution in [2.45, 2.75) is 0 Å². The summed E-state index contributed by atoms with van der Waals surface area (Å²) in [6.07, 6.45) is 0. The summed E-state index contributed by atoms with van der Waals surface area (Å²) in [5.41, 5.74) is 27.6. The summed E-state index contributed by atoms with van der Waals surface area (Å²) in [7, 11) is 0. The van der Waals surface area contributed by atoms with Crippen molar-refractivity contribution in [3.05, 3.63) is 473 Å². The number of hydrogen-bond acceptors (Lipinski definition) is 3. The molecule has 0 aliphatic carbocycles. The fourth-order valence-electron chi connectivity index (χ4n) is 20.5. The number of para-hydroxylation sites is 1. The predicted octanol–water partition coefficient (Wildman–Crippen LogP) is 36.1. The van der Waals surface area contributed by atoms with Gasteiger partial charge in [-0.3, -0.25) is 0 Å². The molecule has 0 bridgehead atoms. The molecule has 0 saturated carbocycles. The van der Waals surface area contributed by atoms with Crippen LogP contribution in [0.4, 0.5) is 0 Å². The summed E-state index contributed by atoms with van der Waals surface area (Å²) in [6, 6.07) is 171. The highest BCUT2D eigenvalue weighted by molar-refractivity contribution is 6.27. The zero-order valence-corrected chi connectivity index (χ0v) is 70.3. The second kappa shape index (κ2) is 31.1. The SMILES string of the molecule is c1ccc(-c2c3ccccc3c(-c3ccc4oc5cc6ccccc6cc5c4c3)c3ccc(-c4ccc5ccccc5c4)cc23)cc1.c1ccc(-c2ccc3c(-c4ccc5oc6cc7ccccc7cc6c5c4)c4ccccc4c(-c4ccccc4)c3c2)cc1.c1ccc(-c2ccc3c(-c4ccc5oc6ccccc6c5c4)c4ccccc4c(-c4ccccc4)c3c2)cc1. The molecule has 3 nitrogen and oxygen atoms in total. The molecule has 0 amide bonds. The molecule has 0 atom stereocenters. The van der Waals surface area contributed by atoms with Gasteiger partial charge in [-0.2, -0.15) is 0 Å². The highest BCUT2D eigenvalue weighted by atomic mass is 16.3. The summed E-state index contributed by atoms with van der Waals surface area (Å²) < 4.78 is 18.9. The van der Waals surface area contributed by atoms with E-state index in [9.17, 15) is 0 Å². The van der Waals surface area contributed by atoms with Gasteiger partial charge in [0.25, 0.3) is 0 Å². The Labute approximate surface area is 744 Å². The van der Waals surface area contributed by atoms with Crippen LogP contribution in [-0.2, 0) is 0 Å². The first-order valence-corrected chi connectivity index (χ1v) is 44.3. The molecule has 0 aliphatic heterocycles. The third kappa shape index (κ3) is 13.0. The van der Waals surface area contributed by atoms with E-state index < -0.39 is 0 Å². The first-order chi connectivity index (χ1) is 63.9. The molecule has 27 rings (SSSR count). The van der Waals surface area contributed by atoms with Gasteiger partial charge in [-0.25, -0.2) is 0 Å². The molecule has 3 heterocycles. The summed E-state index contributed by atoms with van der Waals surface area (Å²) >= 11 is 0. The molecule has 24 aromatic carbocycles. The minimum atomic E-state index is 0.909. The third-order valence-electron chi connectivity index (χ3n) is 26.5. The van der Waals surface area contributed by atoms with Crippen molar-refractivity contribution in [2.75, 3.05) is 0 Å². The van der Waals surface area contributed by atoms with Gasteiger partial charge in [0.15, 0.2) is 0 Å². The fraction of sp³-hybridized carbons (Fsp3) is 0. The number of rotatable bonds is 9. The van der Waals surface area contributed by atoms with E-state index in [2.05, 4.69) is 461 Å². The molecule has 3 heteroatoms. The van der Waals surface area contributed by atoms with Crippen LogP contribution in [0.25, 0.3) is 263 Å². The highest BCUT2D eigenvalue weighted by Crippen LogP contribution is 2.51. The lowest BCUT2D eigenvalue weighted by Crippen LogP contribution is -1.91. The molecule has 3 aromatic heterocycles. The van der Waals surface area contributed by atoms with Gasteiger partial charge >= 0.3 is 0 Å². The Morgan fingerprint density at radius 1 is 0.0930 bits per heavy atom. The van der Waals surface area contributed by atoms with Crippen LogP contribution in [0.1, 0.15) is 0 Å². The maximum absolute atomic E-state index is 6.40. The quantitative estimate of drug-likeness (QED) is 0.135. The molecule has 0 saturated heterocycles. The van der Waals surface area contributed by atoms with Gasteiger partial charge in [0.1, 0.15) is 33.5 Å². The summed E-state index contributed by atoms with van der Waals surface area (Å²) in [4.78, 5) is 0. The Bertz CT molecular complexity index is 9160. The first-order valence-electron chi connectivity index (χ1n) is 44.3. The van der Waals surface area contributed by atoms with Crippen molar-refractivity contribution in [1.82, 2.24) is 0 Å². The van der Waals surface area contributed by atoms with Gasteiger partial charge in [0.2, 0.25) is 0 Å². The van der Waals surface area contributed by atoms with Crippen molar-refractivity contribution < 1.29 is 13.3 Å². The predicted molar refractivity (Wildman–Crippen MR) is 548 cm³/mol. The zero-order chi connectivity index (χ0) is 85.0. The van der Waals surface area contributed by atoms with Crippen LogP contribution >= 0.6 is 0 Å².